The predicted molar refractivity (Wildman–Crippen MR) is 54.0 cm³/mol. The molecule has 0 spiro atoms. The van der Waals surface area contributed by atoms with Gasteiger partial charge in [-0.3, -0.25) is 4.68 Å². The second kappa shape index (κ2) is 2.60. The zero-order chi connectivity index (χ0) is 9.64. The second-order valence-electron chi connectivity index (χ2n) is 4.95. The van der Waals surface area contributed by atoms with Crippen LogP contribution in [0, 0.1) is 0 Å². The van der Waals surface area contributed by atoms with E-state index in [0.29, 0.717) is 11.5 Å². The van der Waals surface area contributed by atoms with Crippen molar-refractivity contribution in [1.82, 2.24) is 9.78 Å². The van der Waals surface area contributed by atoms with E-state index < -0.39 is 0 Å². The van der Waals surface area contributed by atoms with E-state index in [2.05, 4.69) is 43.7 Å². The van der Waals surface area contributed by atoms with E-state index in [1.807, 2.05) is 0 Å². The lowest BCUT2D eigenvalue weighted by atomic mass is 9.88. The van der Waals surface area contributed by atoms with Crippen LogP contribution < -0.4 is 0 Å². The van der Waals surface area contributed by atoms with Crippen LogP contribution in [-0.4, -0.2) is 9.78 Å². The third kappa shape index (κ3) is 1.28. The highest BCUT2D eigenvalue weighted by molar-refractivity contribution is 5.31. The van der Waals surface area contributed by atoms with Gasteiger partial charge in [-0.15, -0.1) is 0 Å². The van der Waals surface area contributed by atoms with Gasteiger partial charge in [0, 0.05) is 12.2 Å². The zero-order valence-corrected chi connectivity index (χ0v) is 8.96. The summed E-state index contributed by atoms with van der Waals surface area (Å²) < 4.78 is 2.09. The molecule has 0 bridgehead atoms. The van der Waals surface area contributed by atoms with Crippen molar-refractivity contribution in [1.29, 1.82) is 0 Å². The summed E-state index contributed by atoms with van der Waals surface area (Å²) in [6, 6.07) is 0.487. The highest BCUT2D eigenvalue weighted by Crippen LogP contribution is 2.37. The Morgan fingerprint density at radius 1 is 1.46 bits per heavy atom. The number of hydrogen-bond donors (Lipinski definition) is 0. The topological polar surface area (TPSA) is 17.8 Å². The van der Waals surface area contributed by atoms with Crippen molar-refractivity contribution < 1.29 is 0 Å². The first kappa shape index (κ1) is 8.79. The molecule has 2 heteroatoms. The molecule has 2 rings (SSSR count). The van der Waals surface area contributed by atoms with Crippen LogP contribution in [0.15, 0.2) is 6.20 Å². The summed E-state index contributed by atoms with van der Waals surface area (Å²) in [6.07, 6.45) is 4.64. The quantitative estimate of drug-likeness (QED) is 0.646. The zero-order valence-electron chi connectivity index (χ0n) is 8.96. The van der Waals surface area contributed by atoms with Gasteiger partial charge < -0.3 is 0 Å². The Morgan fingerprint density at radius 3 is 2.69 bits per heavy atom. The predicted octanol–water partition coefficient (Wildman–Crippen LogP) is 2.69. The first-order valence-corrected chi connectivity index (χ1v) is 5.09. The summed E-state index contributed by atoms with van der Waals surface area (Å²) in [6.45, 7) is 8.97. The lowest BCUT2D eigenvalue weighted by molar-refractivity contribution is 0.489. The fourth-order valence-electron chi connectivity index (χ4n) is 2.01. The van der Waals surface area contributed by atoms with Crippen LogP contribution in [0.25, 0.3) is 0 Å². The normalized spacial score (nSPS) is 19.5. The smallest absolute Gasteiger partial charge is 0.0662 e. The molecule has 0 aliphatic heterocycles. The fraction of sp³-hybridized carbons (Fsp3) is 0.727. The summed E-state index contributed by atoms with van der Waals surface area (Å²) in [5, 5.41) is 4.60. The Hall–Kier alpha value is -0.790. The SMILES string of the molecule is CC(C)n1cc2c(n1)CCC2(C)C. The fourth-order valence-corrected chi connectivity index (χ4v) is 2.01. The Labute approximate surface area is 80.0 Å². The molecular weight excluding hydrogens is 160 g/mol. The largest absolute Gasteiger partial charge is 0.270 e. The molecule has 1 aromatic rings. The molecule has 13 heavy (non-hydrogen) atoms. The van der Waals surface area contributed by atoms with Gasteiger partial charge in [-0.05, 0) is 37.7 Å². The monoisotopic (exact) mass is 178 g/mol. The molecule has 1 aliphatic carbocycles. The van der Waals surface area contributed by atoms with Crippen LogP contribution in [0.2, 0.25) is 0 Å². The number of aryl methyl sites for hydroxylation is 1. The van der Waals surface area contributed by atoms with E-state index >= 15 is 0 Å². The van der Waals surface area contributed by atoms with Gasteiger partial charge in [-0.1, -0.05) is 13.8 Å². The van der Waals surface area contributed by atoms with Crippen molar-refractivity contribution in [2.24, 2.45) is 0 Å². The van der Waals surface area contributed by atoms with Crippen LogP contribution in [0.1, 0.15) is 51.4 Å². The van der Waals surface area contributed by atoms with Crippen molar-refractivity contribution in [3.8, 4) is 0 Å². The minimum atomic E-state index is 0.350. The highest BCUT2D eigenvalue weighted by atomic mass is 15.3. The van der Waals surface area contributed by atoms with Gasteiger partial charge in [0.25, 0.3) is 0 Å². The molecule has 0 atom stereocenters. The molecule has 1 heterocycles. The van der Waals surface area contributed by atoms with Gasteiger partial charge in [-0.25, -0.2) is 0 Å². The first-order chi connectivity index (χ1) is 6.00. The molecule has 0 aromatic carbocycles. The molecule has 0 amide bonds. The average molecular weight is 178 g/mol. The molecule has 0 radical (unpaired) electrons. The Balaban J connectivity index is 2.42. The second-order valence-corrected chi connectivity index (χ2v) is 4.95. The van der Waals surface area contributed by atoms with E-state index in [4.69, 9.17) is 0 Å². The molecule has 0 unspecified atom stereocenters. The molecular formula is C11H18N2. The van der Waals surface area contributed by atoms with Gasteiger partial charge in [0.05, 0.1) is 5.69 Å². The summed E-state index contributed by atoms with van der Waals surface area (Å²) in [5.74, 6) is 0. The molecule has 0 fully saturated rings. The summed E-state index contributed by atoms with van der Waals surface area (Å²) >= 11 is 0. The summed E-state index contributed by atoms with van der Waals surface area (Å²) in [7, 11) is 0. The van der Waals surface area contributed by atoms with Gasteiger partial charge in [0.1, 0.15) is 0 Å². The lowest BCUT2D eigenvalue weighted by Gasteiger charge is -2.16. The van der Waals surface area contributed by atoms with Crippen LogP contribution in [-0.2, 0) is 11.8 Å². The Bertz CT molecular complexity index is 321. The minimum Gasteiger partial charge on any atom is -0.270 e. The summed E-state index contributed by atoms with van der Waals surface area (Å²) in [4.78, 5) is 0. The number of rotatable bonds is 1. The van der Waals surface area contributed by atoms with Gasteiger partial charge in [0.2, 0.25) is 0 Å². The van der Waals surface area contributed by atoms with E-state index in [-0.39, 0.29) is 0 Å². The van der Waals surface area contributed by atoms with Crippen LogP contribution >= 0.6 is 0 Å². The molecule has 0 saturated carbocycles. The maximum atomic E-state index is 4.60. The van der Waals surface area contributed by atoms with Crippen molar-refractivity contribution in [2.75, 3.05) is 0 Å². The van der Waals surface area contributed by atoms with Gasteiger partial charge in [0.15, 0.2) is 0 Å². The van der Waals surface area contributed by atoms with Crippen LogP contribution in [0.3, 0.4) is 0 Å². The molecule has 1 aliphatic rings. The first-order valence-electron chi connectivity index (χ1n) is 5.09. The van der Waals surface area contributed by atoms with Crippen LogP contribution in [0.5, 0.6) is 0 Å². The van der Waals surface area contributed by atoms with Gasteiger partial charge >= 0.3 is 0 Å². The third-order valence-electron chi connectivity index (χ3n) is 3.05. The van der Waals surface area contributed by atoms with Crippen molar-refractivity contribution in [3.63, 3.8) is 0 Å². The number of hydrogen-bond acceptors (Lipinski definition) is 1. The molecule has 0 saturated heterocycles. The van der Waals surface area contributed by atoms with Gasteiger partial charge in [-0.2, -0.15) is 5.10 Å². The average Bonchev–Trinajstić information content (AvgIpc) is 2.53. The lowest BCUT2D eigenvalue weighted by Crippen LogP contribution is -2.12. The van der Waals surface area contributed by atoms with E-state index in [9.17, 15) is 0 Å². The van der Waals surface area contributed by atoms with Crippen molar-refractivity contribution >= 4 is 0 Å². The maximum absolute atomic E-state index is 4.60. The van der Waals surface area contributed by atoms with E-state index in [1.54, 1.807) is 0 Å². The van der Waals surface area contributed by atoms with E-state index in [0.717, 1.165) is 6.42 Å². The number of fused-ring (bicyclic) bond motifs is 1. The highest BCUT2D eigenvalue weighted by Gasteiger charge is 2.32. The number of aromatic nitrogens is 2. The Morgan fingerprint density at radius 2 is 2.15 bits per heavy atom. The minimum absolute atomic E-state index is 0.350. The number of nitrogens with zero attached hydrogens (tertiary/aromatic N) is 2. The molecule has 0 N–H and O–H groups in total. The van der Waals surface area contributed by atoms with Crippen LogP contribution in [0.4, 0.5) is 0 Å². The van der Waals surface area contributed by atoms with Crippen molar-refractivity contribution in [3.05, 3.63) is 17.5 Å². The summed E-state index contributed by atoms with van der Waals surface area (Å²) in [5.41, 5.74) is 3.13. The van der Waals surface area contributed by atoms with Crippen molar-refractivity contribution in [2.45, 2.75) is 52.0 Å². The third-order valence-corrected chi connectivity index (χ3v) is 3.05. The van der Waals surface area contributed by atoms with E-state index in [1.165, 1.54) is 17.7 Å². The standard InChI is InChI=1S/C11H18N2/c1-8(2)13-7-9-10(12-13)5-6-11(9,3)4/h7-8H,5-6H2,1-4H3. The molecule has 2 nitrogen and oxygen atoms in total. The maximum Gasteiger partial charge on any atom is 0.0662 e. The Kier molecular flexibility index (Phi) is 1.76. The molecule has 1 aromatic heterocycles. The molecule has 72 valence electrons.